The van der Waals surface area contributed by atoms with Gasteiger partial charge in [0.15, 0.2) is 0 Å². The zero-order valence-corrected chi connectivity index (χ0v) is 14.2. The summed E-state index contributed by atoms with van der Waals surface area (Å²) in [5.74, 6) is 0. The van der Waals surface area contributed by atoms with Crippen LogP contribution in [0.15, 0.2) is 0 Å². The van der Waals surface area contributed by atoms with E-state index in [2.05, 4.69) is 6.92 Å². The first-order valence-corrected chi connectivity index (χ1v) is 8.33. The van der Waals surface area contributed by atoms with Gasteiger partial charge in [-0.3, -0.25) is 4.79 Å². The zero-order valence-electron chi connectivity index (χ0n) is 12.6. The molecule has 116 valence electrons. The molecule has 0 bridgehead atoms. The van der Waals surface area contributed by atoms with Crippen molar-refractivity contribution in [3.63, 3.8) is 0 Å². The molecule has 3 heteroatoms. The summed E-state index contributed by atoms with van der Waals surface area (Å²) in [6.45, 7) is 2.27. The van der Waals surface area contributed by atoms with Gasteiger partial charge in [-0.1, -0.05) is 84.0 Å². The largest absolute Gasteiger partial charge is 0.281 e. The molecule has 0 N–H and O–H groups in total. The molecule has 0 saturated carbocycles. The van der Waals surface area contributed by atoms with Gasteiger partial charge in [-0.25, -0.2) is 0 Å². The summed E-state index contributed by atoms with van der Waals surface area (Å²) in [4.78, 5) is 10.5. The maximum atomic E-state index is 10.5. The maximum absolute atomic E-state index is 10.5. The van der Waals surface area contributed by atoms with Crippen LogP contribution in [0.3, 0.4) is 0 Å². The Balaban J connectivity index is 0. The second-order valence-electron chi connectivity index (χ2n) is 5.35. The predicted octanol–water partition coefficient (Wildman–Crippen LogP) is 6.65. The van der Waals surface area contributed by atoms with Gasteiger partial charge in [0.25, 0.3) is 0 Å². The van der Waals surface area contributed by atoms with E-state index in [4.69, 9.17) is 11.6 Å². The van der Waals surface area contributed by atoms with E-state index < -0.39 is 0 Å². The molecule has 0 aliphatic rings. The van der Waals surface area contributed by atoms with Crippen LogP contribution in [0.4, 0.5) is 0 Å². The van der Waals surface area contributed by atoms with Gasteiger partial charge in [0.05, 0.1) is 0 Å². The fourth-order valence-corrected chi connectivity index (χ4v) is 2.42. The topological polar surface area (TPSA) is 17.1 Å². The summed E-state index contributed by atoms with van der Waals surface area (Å²) in [6.07, 6.45) is 17.9. The fourth-order valence-electron chi connectivity index (χ4n) is 2.28. The van der Waals surface area contributed by atoms with Crippen LogP contribution in [0.5, 0.6) is 0 Å². The number of carbonyl (C=O) groups excluding carboxylic acids is 1. The number of hydrogen-bond donors (Lipinski definition) is 0. The van der Waals surface area contributed by atoms with Gasteiger partial charge in [-0.2, -0.15) is 0 Å². The van der Waals surface area contributed by atoms with Crippen molar-refractivity contribution in [3.05, 3.63) is 0 Å². The second-order valence-corrected chi connectivity index (χ2v) is 5.77. The normalized spacial score (nSPS) is 10.2. The Morgan fingerprint density at radius 1 is 0.684 bits per heavy atom. The van der Waals surface area contributed by atoms with E-state index in [1.54, 1.807) is 0 Å². The monoisotopic (exact) mass is 310 g/mol. The van der Waals surface area contributed by atoms with Crippen molar-refractivity contribution in [1.29, 1.82) is 0 Å². The van der Waals surface area contributed by atoms with Crippen molar-refractivity contribution in [3.8, 4) is 0 Å². The SMILES string of the molecule is CCCCCCCCCCCCCCCC(=O)Cl.Cl. The van der Waals surface area contributed by atoms with Gasteiger partial charge in [-0.15, -0.1) is 12.4 Å². The average molecular weight is 311 g/mol. The number of halogens is 2. The molecule has 0 radical (unpaired) electrons. The Morgan fingerprint density at radius 3 is 1.32 bits per heavy atom. The first kappa shape index (κ1) is 21.5. The molecule has 0 unspecified atom stereocenters. The van der Waals surface area contributed by atoms with Crippen molar-refractivity contribution in [2.45, 2.75) is 96.8 Å². The molecule has 0 aliphatic carbocycles. The van der Waals surface area contributed by atoms with E-state index >= 15 is 0 Å². The minimum atomic E-state index is -0.182. The molecule has 0 aromatic heterocycles. The maximum Gasteiger partial charge on any atom is 0.221 e. The first-order valence-electron chi connectivity index (χ1n) is 7.95. The number of unbranched alkanes of at least 4 members (excludes halogenated alkanes) is 12. The van der Waals surface area contributed by atoms with Crippen LogP contribution >= 0.6 is 24.0 Å². The van der Waals surface area contributed by atoms with Gasteiger partial charge < -0.3 is 0 Å². The van der Waals surface area contributed by atoms with Crippen LogP contribution in [-0.4, -0.2) is 5.24 Å². The molecule has 0 saturated heterocycles. The van der Waals surface area contributed by atoms with E-state index in [9.17, 15) is 4.79 Å². The highest BCUT2D eigenvalue weighted by molar-refractivity contribution is 6.63. The molecule has 0 aliphatic heterocycles. The van der Waals surface area contributed by atoms with Gasteiger partial charge in [-0.05, 0) is 18.0 Å². The summed E-state index contributed by atoms with van der Waals surface area (Å²) >= 11 is 5.28. The third kappa shape index (κ3) is 20.7. The number of rotatable bonds is 14. The summed E-state index contributed by atoms with van der Waals surface area (Å²) < 4.78 is 0. The molecule has 19 heavy (non-hydrogen) atoms. The van der Waals surface area contributed by atoms with Gasteiger partial charge >= 0.3 is 0 Å². The summed E-state index contributed by atoms with van der Waals surface area (Å²) in [5.41, 5.74) is 0. The number of carbonyl (C=O) groups is 1. The molecule has 0 spiro atoms. The second kappa shape index (κ2) is 18.2. The zero-order chi connectivity index (χ0) is 13.5. The van der Waals surface area contributed by atoms with Crippen LogP contribution in [0.2, 0.25) is 0 Å². The van der Waals surface area contributed by atoms with E-state index in [0.717, 1.165) is 12.8 Å². The Morgan fingerprint density at radius 2 is 1.00 bits per heavy atom. The number of hydrogen-bond acceptors (Lipinski definition) is 1. The van der Waals surface area contributed by atoms with Crippen LogP contribution in [0.1, 0.15) is 96.8 Å². The van der Waals surface area contributed by atoms with Crippen LogP contribution in [-0.2, 0) is 4.79 Å². The standard InChI is InChI=1S/C16H31ClO.ClH/c1-2-3-4-5-6-7-8-9-10-11-12-13-14-15-16(17)18;/h2-15H2,1H3;1H. The third-order valence-electron chi connectivity index (χ3n) is 3.48. The summed E-state index contributed by atoms with van der Waals surface area (Å²) in [6, 6.07) is 0. The van der Waals surface area contributed by atoms with Crippen molar-refractivity contribution in [1.82, 2.24) is 0 Å². The molecule has 1 nitrogen and oxygen atoms in total. The van der Waals surface area contributed by atoms with Crippen molar-refractivity contribution in [2.75, 3.05) is 0 Å². The average Bonchev–Trinajstić information content (AvgIpc) is 2.34. The highest BCUT2D eigenvalue weighted by Crippen LogP contribution is 2.13. The minimum Gasteiger partial charge on any atom is -0.281 e. The quantitative estimate of drug-likeness (QED) is 0.259. The van der Waals surface area contributed by atoms with Gasteiger partial charge in [0.2, 0.25) is 5.24 Å². The van der Waals surface area contributed by atoms with Gasteiger partial charge in [0.1, 0.15) is 0 Å². The Bertz CT molecular complexity index is 184. The first-order chi connectivity index (χ1) is 8.77. The van der Waals surface area contributed by atoms with E-state index in [-0.39, 0.29) is 17.6 Å². The molecular weight excluding hydrogens is 279 g/mol. The van der Waals surface area contributed by atoms with E-state index in [0.29, 0.717) is 6.42 Å². The highest BCUT2D eigenvalue weighted by Gasteiger charge is 1.96. The minimum absolute atomic E-state index is 0. The lowest BCUT2D eigenvalue weighted by Gasteiger charge is -2.02. The van der Waals surface area contributed by atoms with Crippen molar-refractivity contribution < 1.29 is 4.79 Å². The van der Waals surface area contributed by atoms with Crippen LogP contribution in [0, 0.1) is 0 Å². The lowest BCUT2D eigenvalue weighted by atomic mass is 10.0. The van der Waals surface area contributed by atoms with E-state index in [1.165, 1.54) is 70.6 Å². The van der Waals surface area contributed by atoms with Crippen molar-refractivity contribution in [2.24, 2.45) is 0 Å². The Hall–Kier alpha value is 0.250. The summed E-state index contributed by atoms with van der Waals surface area (Å²) in [7, 11) is 0. The Labute approximate surface area is 131 Å². The van der Waals surface area contributed by atoms with Gasteiger partial charge in [0, 0.05) is 6.42 Å². The Kier molecular flexibility index (Phi) is 20.7. The summed E-state index contributed by atoms with van der Waals surface area (Å²) in [5, 5.41) is -0.182. The molecule has 0 aromatic carbocycles. The van der Waals surface area contributed by atoms with Crippen molar-refractivity contribution >= 4 is 29.3 Å². The lowest BCUT2D eigenvalue weighted by Crippen LogP contribution is -1.86. The fraction of sp³-hybridized carbons (Fsp3) is 0.938. The molecule has 0 fully saturated rings. The molecule has 0 atom stereocenters. The highest BCUT2D eigenvalue weighted by atomic mass is 35.5. The predicted molar refractivity (Wildman–Crippen MR) is 88.4 cm³/mol. The molecule has 0 heterocycles. The molecule has 0 rings (SSSR count). The van der Waals surface area contributed by atoms with E-state index in [1.807, 2.05) is 0 Å². The van der Waals surface area contributed by atoms with Crippen LogP contribution < -0.4 is 0 Å². The molecular formula is C16H32Cl2O. The molecule has 0 amide bonds. The smallest absolute Gasteiger partial charge is 0.221 e. The third-order valence-corrected chi connectivity index (χ3v) is 3.67. The molecule has 0 aromatic rings. The lowest BCUT2D eigenvalue weighted by molar-refractivity contribution is -0.111. The van der Waals surface area contributed by atoms with Crippen LogP contribution in [0.25, 0.3) is 0 Å².